The molecule has 0 radical (unpaired) electrons. The monoisotopic (exact) mass is 350 g/mol. The van der Waals surface area contributed by atoms with Gasteiger partial charge in [-0.3, -0.25) is 14.6 Å². The Hall–Kier alpha value is -3.23. The average Bonchev–Trinajstić information content (AvgIpc) is 2.79. The predicted molar refractivity (Wildman–Crippen MR) is 76.3 cm³/mol. The van der Waals surface area contributed by atoms with E-state index in [1.807, 2.05) is 0 Å². The van der Waals surface area contributed by atoms with Crippen molar-refractivity contribution in [2.45, 2.75) is 13.1 Å². The second kappa shape index (κ2) is 5.69. The number of halogens is 3. The zero-order valence-electron chi connectivity index (χ0n) is 12.6. The maximum atomic E-state index is 12.8. The van der Waals surface area contributed by atoms with Crippen molar-refractivity contribution in [3.63, 3.8) is 0 Å². The summed E-state index contributed by atoms with van der Waals surface area (Å²) in [6.07, 6.45) is -4.13. The number of fused-ring (bicyclic) bond motifs is 1. The molecule has 0 atom stereocenters. The number of hydrogen-bond donors (Lipinski definition) is 0. The Balaban J connectivity index is 1.89. The number of benzene rings is 1. The van der Waals surface area contributed by atoms with Crippen LogP contribution >= 0.6 is 0 Å². The average molecular weight is 350 g/mol. The highest BCUT2D eigenvalue weighted by Crippen LogP contribution is 2.30. The molecule has 2 heterocycles. The molecule has 6 nitrogen and oxygen atoms in total. The van der Waals surface area contributed by atoms with Gasteiger partial charge in [0.15, 0.2) is 0 Å². The third kappa shape index (κ3) is 2.84. The van der Waals surface area contributed by atoms with Crippen molar-refractivity contribution in [1.29, 1.82) is 0 Å². The molecule has 0 saturated heterocycles. The van der Waals surface area contributed by atoms with E-state index in [4.69, 9.17) is 4.84 Å². The Morgan fingerprint density at radius 2 is 1.68 bits per heavy atom. The third-order valence-corrected chi connectivity index (χ3v) is 3.57. The minimum absolute atomic E-state index is 0.0328. The van der Waals surface area contributed by atoms with E-state index in [0.717, 1.165) is 0 Å². The molecule has 0 spiro atoms. The van der Waals surface area contributed by atoms with Crippen LogP contribution in [0.4, 0.5) is 13.2 Å². The van der Waals surface area contributed by atoms with E-state index >= 15 is 0 Å². The summed E-state index contributed by atoms with van der Waals surface area (Å²) in [5.41, 5.74) is -1.59. The molecule has 1 aliphatic heterocycles. The lowest BCUT2D eigenvalue weighted by atomic mass is 10.1. The first kappa shape index (κ1) is 16.6. The molecule has 2 amide bonds. The van der Waals surface area contributed by atoms with Crippen LogP contribution in [0.15, 0.2) is 36.5 Å². The molecule has 25 heavy (non-hydrogen) atoms. The van der Waals surface area contributed by atoms with Crippen LogP contribution in [0.1, 0.15) is 42.3 Å². The SMILES string of the molecule is Cc1ncc(C(F)(F)F)cc1C(=O)ON1C(=O)c2ccccc2C1=O. The smallest absolute Gasteiger partial charge is 0.324 e. The Bertz CT molecular complexity index is 873. The maximum Gasteiger partial charge on any atom is 0.417 e. The zero-order valence-corrected chi connectivity index (χ0v) is 12.6. The molecule has 1 aromatic carbocycles. The van der Waals surface area contributed by atoms with Gasteiger partial charge < -0.3 is 4.84 Å². The summed E-state index contributed by atoms with van der Waals surface area (Å²) in [5, 5.41) is 0.229. The predicted octanol–water partition coefficient (Wildman–Crippen LogP) is 2.78. The third-order valence-electron chi connectivity index (χ3n) is 3.57. The molecular formula is C16H9F3N2O4. The molecule has 0 fully saturated rings. The Morgan fingerprint density at radius 1 is 1.12 bits per heavy atom. The van der Waals surface area contributed by atoms with Crippen molar-refractivity contribution in [3.05, 3.63) is 64.5 Å². The fourth-order valence-corrected chi connectivity index (χ4v) is 2.28. The second-order valence-electron chi connectivity index (χ2n) is 5.18. The molecule has 1 aliphatic rings. The van der Waals surface area contributed by atoms with Gasteiger partial charge in [0.25, 0.3) is 11.8 Å². The molecule has 1 aromatic heterocycles. The van der Waals surface area contributed by atoms with Crippen molar-refractivity contribution >= 4 is 17.8 Å². The van der Waals surface area contributed by atoms with Crippen molar-refractivity contribution < 1.29 is 32.4 Å². The van der Waals surface area contributed by atoms with Gasteiger partial charge in [-0.2, -0.15) is 13.2 Å². The second-order valence-corrected chi connectivity index (χ2v) is 5.18. The minimum Gasteiger partial charge on any atom is -0.324 e. The molecule has 0 N–H and O–H groups in total. The van der Waals surface area contributed by atoms with Crippen LogP contribution in [0, 0.1) is 6.92 Å². The first-order chi connectivity index (χ1) is 11.7. The molecule has 0 unspecified atom stereocenters. The lowest BCUT2D eigenvalue weighted by molar-refractivity contribution is -0.137. The molecule has 0 bridgehead atoms. The van der Waals surface area contributed by atoms with E-state index in [0.29, 0.717) is 12.3 Å². The lowest BCUT2D eigenvalue weighted by Gasteiger charge is -2.14. The van der Waals surface area contributed by atoms with Gasteiger partial charge >= 0.3 is 12.1 Å². The Kier molecular flexibility index (Phi) is 3.78. The summed E-state index contributed by atoms with van der Waals surface area (Å²) in [6, 6.07) is 6.36. The van der Waals surface area contributed by atoms with Gasteiger partial charge in [0, 0.05) is 6.20 Å². The van der Waals surface area contributed by atoms with Crippen LogP contribution in [0.5, 0.6) is 0 Å². The van der Waals surface area contributed by atoms with Crippen LogP contribution < -0.4 is 0 Å². The number of aromatic nitrogens is 1. The lowest BCUT2D eigenvalue weighted by Crippen LogP contribution is -2.33. The number of imide groups is 1. The van der Waals surface area contributed by atoms with Crippen molar-refractivity contribution in [2.24, 2.45) is 0 Å². The van der Waals surface area contributed by atoms with Gasteiger partial charge in [-0.25, -0.2) is 4.79 Å². The number of hydrogen-bond acceptors (Lipinski definition) is 5. The minimum atomic E-state index is -4.70. The van der Waals surface area contributed by atoms with Crippen molar-refractivity contribution in [3.8, 4) is 0 Å². The van der Waals surface area contributed by atoms with Gasteiger partial charge in [0.2, 0.25) is 0 Å². The maximum absolute atomic E-state index is 12.8. The number of alkyl halides is 3. The first-order valence-electron chi connectivity index (χ1n) is 6.94. The highest BCUT2D eigenvalue weighted by atomic mass is 19.4. The molecule has 3 rings (SSSR count). The number of carbonyl (C=O) groups excluding carboxylic acids is 3. The van der Waals surface area contributed by atoms with Crippen LogP contribution in [0.3, 0.4) is 0 Å². The number of aryl methyl sites for hydroxylation is 1. The molecule has 128 valence electrons. The fraction of sp³-hybridized carbons (Fsp3) is 0.125. The summed E-state index contributed by atoms with van der Waals surface area (Å²) < 4.78 is 38.3. The van der Waals surface area contributed by atoms with E-state index in [1.54, 1.807) is 0 Å². The number of carbonyl (C=O) groups is 3. The van der Waals surface area contributed by atoms with Gasteiger partial charge in [-0.15, -0.1) is 0 Å². The molecule has 0 aliphatic carbocycles. The first-order valence-corrected chi connectivity index (χ1v) is 6.94. The van der Waals surface area contributed by atoms with E-state index in [2.05, 4.69) is 4.98 Å². The van der Waals surface area contributed by atoms with Crippen LogP contribution in [-0.2, 0) is 11.0 Å². The van der Waals surface area contributed by atoms with E-state index < -0.39 is 35.1 Å². The summed E-state index contributed by atoms with van der Waals surface area (Å²) in [4.78, 5) is 44.7. The Morgan fingerprint density at radius 3 is 2.20 bits per heavy atom. The number of amides is 2. The van der Waals surface area contributed by atoms with Gasteiger partial charge in [0.05, 0.1) is 27.9 Å². The number of hydroxylamine groups is 2. The standard InChI is InChI=1S/C16H9F3N2O4/c1-8-12(6-9(7-20-8)16(17,18)19)15(24)25-21-13(22)10-4-2-3-5-11(10)14(21)23/h2-7H,1H3. The van der Waals surface area contributed by atoms with Crippen molar-refractivity contribution in [2.75, 3.05) is 0 Å². The van der Waals surface area contributed by atoms with Gasteiger partial charge in [-0.1, -0.05) is 17.2 Å². The highest BCUT2D eigenvalue weighted by molar-refractivity contribution is 6.21. The molecular weight excluding hydrogens is 341 g/mol. The number of rotatable bonds is 2. The summed E-state index contributed by atoms with van der Waals surface area (Å²) in [7, 11) is 0. The van der Waals surface area contributed by atoms with Crippen LogP contribution in [0.25, 0.3) is 0 Å². The highest BCUT2D eigenvalue weighted by Gasteiger charge is 2.39. The number of pyridine rings is 1. The van der Waals surface area contributed by atoms with E-state index in [9.17, 15) is 27.6 Å². The van der Waals surface area contributed by atoms with Crippen LogP contribution in [0.2, 0.25) is 0 Å². The van der Waals surface area contributed by atoms with Crippen LogP contribution in [-0.4, -0.2) is 27.8 Å². The van der Waals surface area contributed by atoms with Crippen molar-refractivity contribution in [1.82, 2.24) is 10.0 Å². The fourth-order valence-electron chi connectivity index (χ4n) is 2.28. The summed E-state index contributed by atoms with van der Waals surface area (Å²) in [6.45, 7) is 1.30. The molecule has 9 heteroatoms. The quantitative estimate of drug-likeness (QED) is 0.779. The summed E-state index contributed by atoms with van der Waals surface area (Å²) in [5.74, 6) is -3.02. The number of nitrogens with zero attached hydrogens (tertiary/aromatic N) is 2. The molecule has 2 aromatic rings. The topological polar surface area (TPSA) is 76.6 Å². The van der Waals surface area contributed by atoms with Gasteiger partial charge in [-0.05, 0) is 25.1 Å². The Labute approximate surface area is 138 Å². The van der Waals surface area contributed by atoms with E-state index in [-0.39, 0.29) is 21.9 Å². The largest absolute Gasteiger partial charge is 0.417 e. The normalized spacial score (nSPS) is 13.8. The summed E-state index contributed by atoms with van der Waals surface area (Å²) >= 11 is 0. The zero-order chi connectivity index (χ0) is 18.4. The molecule has 0 saturated carbocycles. The van der Waals surface area contributed by atoms with Gasteiger partial charge in [0.1, 0.15) is 0 Å². The van der Waals surface area contributed by atoms with E-state index in [1.165, 1.54) is 31.2 Å².